The number of H-pyrrole nitrogens is 1. The highest BCUT2D eigenvalue weighted by molar-refractivity contribution is 6.31. The van der Waals surface area contributed by atoms with Crippen molar-refractivity contribution in [2.45, 2.75) is 33.8 Å². The van der Waals surface area contributed by atoms with E-state index in [9.17, 15) is 9.59 Å². The molecule has 150 valence electrons. The van der Waals surface area contributed by atoms with Crippen LogP contribution < -0.4 is 5.32 Å². The second kappa shape index (κ2) is 8.49. The van der Waals surface area contributed by atoms with Gasteiger partial charge in [0.25, 0.3) is 5.91 Å². The van der Waals surface area contributed by atoms with Crippen LogP contribution in [0.3, 0.4) is 0 Å². The number of amides is 1. The number of aromatic amines is 1. The minimum Gasteiger partial charge on any atom is -0.449 e. The smallest absolute Gasteiger partial charge is 0.338 e. The Balaban J connectivity index is 1.64. The number of carbonyl (C=O) groups excluding carboxylic acids is 2. The molecule has 0 spiro atoms. The van der Waals surface area contributed by atoms with Crippen LogP contribution in [0.1, 0.15) is 34.2 Å². The summed E-state index contributed by atoms with van der Waals surface area (Å²) in [4.78, 5) is 32.4. The van der Waals surface area contributed by atoms with E-state index in [0.29, 0.717) is 16.3 Å². The number of carbonyl (C=O) groups is 2. The zero-order valence-electron chi connectivity index (χ0n) is 16.7. The monoisotopic (exact) mass is 411 g/mol. The highest BCUT2D eigenvalue weighted by atomic mass is 35.5. The van der Waals surface area contributed by atoms with Crippen molar-refractivity contribution in [3.05, 3.63) is 70.0 Å². The highest BCUT2D eigenvalue weighted by Gasteiger charge is 2.20. The molecule has 1 aromatic heterocycles. The van der Waals surface area contributed by atoms with Crippen LogP contribution in [-0.4, -0.2) is 27.9 Å². The summed E-state index contributed by atoms with van der Waals surface area (Å²) in [7, 11) is 0. The summed E-state index contributed by atoms with van der Waals surface area (Å²) in [5.74, 6) is -0.264. The van der Waals surface area contributed by atoms with Gasteiger partial charge in [-0.05, 0) is 57.5 Å². The first-order valence-electron chi connectivity index (χ1n) is 9.16. The van der Waals surface area contributed by atoms with Crippen molar-refractivity contribution < 1.29 is 14.3 Å². The Kier molecular flexibility index (Phi) is 6.03. The molecule has 29 heavy (non-hydrogen) atoms. The van der Waals surface area contributed by atoms with Crippen LogP contribution in [0.25, 0.3) is 11.4 Å². The molecule has 6 nitrogen and oxygen atoms in total. The molecule has 0 bridgehead atoms. The first-order chi connectivity index (χ1) is 13.7. The van der Waals surface area contributed by atoms with Gasteiger partial charge in [0.2, 0.25) is 0 Å². The summed E-state index contributed by atoms with van der Waals surface area (Å²) in [6, 6.07) is 12.1. The molecule has 0 aliphatic rings. The number of halogens is 1. The van der Waals surface area contributed by atoms with Crippen LogP contribution in [0.5, 0.6) is 0 Å². The average molecular weight is 412 g/mol. The maximum absolute atomic E-state index is 12.4. The maximum atomic E-state index is 12.4. The molecule has 0 aliphatic heterocycles. The third-order valence-corrected chi connectivity index (χ3v) is 4.87. The lowest BCUT2D eigenvalue weighted by Crippen LogP contribution is -2.30. The lowest BCUT2D eigenvalue weighted by molar-refractivity contribution is -0.123. The van der Waals surface area contributed by atoms with Crippen molar-refractivity contribution in [1.82, 2.24) is 9.97 Å². The summed E-state index contributed by atoms with van der Waals surface area (Å²) in [6.45, 7) is 7.26. The number of anilines is 1. The first kappa shape index (κ1) is 20.6. The van der Waals surface area contributed by atoms with E-state index in [-0.39, 0.29) is 0 Å². The van der Waals surface area contributed by atoms with Crippen LogP contribution in [0.2, 0.25) is 5.02 Å². The molecule has 3 rings (SSSR count). The van der Waals surface area contributed by atoms with Gasteiger partial charge in [0.05, 0.1) is 11.3 Å². The molecule has 1 unspecified atom stereocenters. The number of ether oxygens (including phenoxy) is 1. The zero-order chi connectivity index (χ0) is 21.1. The van der Waals surface area contributed by atoms with Crippen molar-refractivity contribution in [3.63, 3.8) is 0 Å². The Bertz CT molecular complexity index is 1040. The molecule has 1 amide bonds. The summed E-state index contributed by atoms with van der Waals surface area (Å²) in [5.41, 5.74) is 4.59. The molecule has 3 aromatic rings. The van der Waals surface area contributed by atoms with Crippen LogP contribution >= 0.6 is 11.6 Å². The third-order valence-electron chi connectivity index (χ3n) is 4.63. The largest absolute Gasteiger partial charge is 0.449 e. The normalized spacial score (nSPS) is 11.8. The van der Waals surface area contributed by atoms with Gasteiger partial charge in [-0.15, -0.1) is 0 Å². The minimum atomic E-state index is -0.962. The van der Waals surface area contributed by atoms with Crippen LogP contribution in [0.15, 0.2) is 42.5 Å². The molecule has 0 radical (unpaired) electrons. The zero-order valence-corrected chi connectivity index (χ0v) is 17.4. The number of hydrogen-bond acceptors (Lipinski definition) is 4. The first-order valence-corrected chi connectivity index (χ1v) is 9.54. The molecular weight excluding hydrogens is 390 g/mol. The number of hydrogen-bond donors (Lipinski definition) is 2. The van der Waals surface area contributed by atoms with E-state index in [1.54, 1.807) is 42.5 Å². The van der Waals surface area contributed by atoms with Gasteiger partial charge in [0.15, 0.2) is 6.10 Å². The topological polar surface area (TPSA) is 84.1 Å². The second-order valence-corrected chi connectivity index (χ2v) is 7.31. The molecule has 7 heteroatoms. The molecule has 2 aromatic carbocycles. The Morgan fingerprint density at radius 3 is 2.41 bits per heavy atom. The van der Waals surface area contributed by atoms with Crippen LogP contribution in [-0.2, 0) is 9.53 Å². The molecule has 0 aliphatic carbocycles. The summed E-state index contributed by atoms with van der Waals surface area (Å²) < 4.78 is 5.30. The van der Waals surface area contributed by atoms with Gasteiger partial charge in [-0.1, -0.05) is 29.8 Å². The van der Waals surface area contributed by atoms with Crippen molar-refractivity contribution in [2.75, 3.05) is 5.32 Å². The van der Waals surface area contributed by atoms with Crippen molar-refractivity contribution in [2.24, 2.45) is 0 Å². The highest BCUT2D eigenvalue weighted by Crippen LogP contribution is 2.21. The molecule has 1 atom stereocenters. The van der Waals surface area contributed by atoms with E-state index < -0.39 is 18.0 Å². The van der Waals surface area contributed by atoms with Crippen molar-refractivity contribution in [1.29, 1.82) is 0 Å². The Morgan fingerprint density at radius 1 is 1.10 bits per heavy atom. The fourth-order valence-electron chi connectivity index (χ4n) is 2.69. The van der Waals surface area contributed by atoms with E-state index in [2.05, 4.69) is 15.3 Å². The van der Waals surface area contributed by atoms with E-state index in [0.717, 1.165) is 28.3 Å². The fraction of sp³-hybridized carbons (Fsp3) is 0.227. The summed E-state index contributed by atoms with van der Waals surface area (Å²) in [6.07, 6.45) is -0.962. The predicted molar refractivity (Wildman–Crippen MR) is 113 cm³/mol. The van der Waals surface area contributed by atoms with E-state index in [1.807, 2.05) is 20.8 Å². The second-order valence-electron chi connectivity index (χ2n) is 6.87. The number of esters is 1. The van der Waals surface area contributed by atoms with E-state index >= 15 is 0 Å². The molecule has 1 heterocycles. The quantitative estimate of drug-likeness (QED) is 0.588. The van der Waals surface area contributed by atoms with Gasteiger partial charge in [-0.3, -0.25) is 4.79 Å². The number of rotatable bonds is 5. The summed E-state index contributed by atoms with van der Waals surface area (Å²) >= 11 is 5.97. The van der Waals surface area contributed by atoms with Gasteiger partial charge in [0, 0.05) is 22.0 Å². The molecule has 2 N–H and O–H groups in total. The number of aromatic nitrogens is 2. The Hall–Kier alpha value is -3.12. The molecular formula is C22H22ClN3O3. The number of benzene rings is 2. The van der Waals surface area contributed by atoms with Gasteiger partial charge >= 0.3 is 5.97 Å². The fourth-order valence-corrected chi connectivity index (χ4v) is 2.87. The standard InChI is InChI=1S/C22H22ClN3O3/c1-12-5-10-18(23)11-19(12)26-21(27)15(4)29-22(28)17-8-6-16(7-9-17)20-24-13(2)14(3)25-20/h5-11,15H,1-4H3,(H,24,25)(H,26,27). The molecule has 0 saturated heterocycles. The van der Waals surface area contributed by atoms with Gasteiger partial charge in [-0.25, -0.2) is 9.78 Å². The Labute approximate surface area is 174 Å². The number of imidazole rings is 1. The lowest BCUT2D eigenvalue weighted by Gasteiger charge is -2.15. The van der Waals surface area contributed by atoms with Gasteiger partial charge in [0.1, 0.15) is 5.82 Å². The van der Waals surface area contributed by atoms with E-state index in [4.69, 9.17) is 16.3 Å². The van der Waals surface area contributed by atoms with Crippen molar-refractivity contribution in [3.8, 4) is 11.4 Å². The Morgan fingerprint density at radius 2 is 1.79 bits per heavy atom. The van der Waals surface area contributed by atoms with E-state index in [1.165, 1.54) is 6.92 Å². The SMILES string of the molecule is Cc1ccc(Cl)cc1NC(=O)C(C)OC(=O)c1ccc(-c2nc(C)c(C)[nH]2)cc1. The van der Waals surface area contributed by atoms with Crippen molar-refractivity contribution >= 4 is 29.2 Å². The average Bonchev–Trinajstić information content (AvgIpc) is 3.03. The number of nitrogens with zero attached hydrogens (tertiary/aromatic N) is 1. The number of nitrogens with one attached hydrogen (secondary N) is 2. The minimum absolute atomic E-state index is 0.354. The number of aryl methyl sites for hydroxylation is 3. The van der Waals surface area contributed by atoms with Crippen LogP contribution in [0, 0.1) is 20.8 Å². The summed E-state index contributed by atoms with van der Waals surface area (Å²) in [5, 5.41) is 3.24. The van der Waals surface area contributed by atoms with Crippen LogP contribution in [0.4, 0.5) is 5.69 Å². The lowest BCUT2D eigenvalue weighted by atomic mass is 10.1. The third kappa shape index (κ3) is 4.84. The maximum Gasteiger partial charge on any atom is 0.338 e. The predicted octanol–water partition coefficient (Wildman–Crippen LogP) is 4.84. The van der Waals surface area contributed by atoms with Gasteiger partial charge in [-0.2, -0.15) is 0 Å². The molecule has 0 saturated carbocycles. The van der Waals surface area contributed by atoms with Gasteiger partial charge < -0.3 is 15.0 Å². The molecule has 0 fully saturated rings.